The van der Waals surface area contributed by atoms with Crippen LogP contribution in [0.3, 0.4) is 0 Å². The number of nitrogens with one attached hydrogen (secondary N) is 1. The maximum absolute atomic E-state index is 13.4. The highest BCUT2D eigenvalue weighted by atomic mass is 16.5. The lowest BCUT2D eigenvalue weighted by molar-refractivity contribution is -0.122. The Morgan fingerprint density at radius 3 is 2.68 bits per heavy atom. The molecule has 2 aromatic heterocycles. The number of carbonyl (C=O) groups excluding carboxylic acids is 2. The first kappa shape index (κ1) is 21.5. The van der Waals surface area contributed by atoms with Crippen molar-refractivity contribution >= 4 is 17.5 Å². The van der Waals surface area contributed by atoms with Gasteiger partial charge in [-0.2, -0.15) is 9.61 Å². The van der Waals surface area contributed by atoms with Crippen LogP contribution in [0.5, 0.6) is 0 Å². The molecular weight excluding hydrogens is 398 g/mol. The molecule has 0 unspecified atom stereocenters. The molecule has 0 bridgehead atoms. The molecule has 2 amide bonds. The molecule has 9 heteroatoms. The first-order chi connectivity index (χ1) is 14.6. The Kier molecular flexibility index (Phi) is 5.41. The third kappa shape index (κ3) is 3.98. The lowest BCUT2D eigenvalue weighted by Crippen LogP contribution is -2.36. The molecule has 1 fully saturated rings. The van der Waals surface area contributed by atoms with Crippen molar-refractivity contribution in [2.75, 3.05) is 13.2 Å². The molecule has 4 heterocycles. The Bertz CT molecular complexity index is 1090. The quantitative estimate of drug-likeness (QED) is 0.776. The number of amides is 2. The van der Waals surface area contributed by atoms with Crippen molar-refractivity contribution in [3.63, 3.8) is 0 Å². The second-order valence-corrected chi connectivity index (χ2v) is 9.81. The highest BCUT2D eigenvalue weighted by Gasteiger charge is 2.37. The van der Waals surface area contributed by atoms with E-state index in [4.69, 9.17) is 4.74 Å². The number of hydrogen-bond donors (Lipinski definition) is 1. The fraction of sp³-hybridized carbons (Fsp3) is 0.636. The van der Waals surface area contributed by atoms with E-state index < -0.39 is 0 Å². The minimum absolute atomic E-state index is 0.0115. The van der Waals surface area contributed by atoms with Gasteiger partial charge in [-0.15, -0.1) is 0 Å². The van der Waals surface area contributed by atoms with Gasteiger partial charge >= 0.3 is 0 Å². The van der Waals surface area contributed by atoms with Crippen molar-refractivity contribution in [3.8, 4) is 0 Å². The van der Waals surface area contributed by atoms with E-state index in [1.165, 1.54) is 4.52 Å². The Labute approximate surface area is 181 Å². The summed E-state index contributed by atoms with van der Waals surface area (Å²) in [6.07, 6.45) is 1.87. The van der Waals surface area contributed by atoms with Gasteiger partial charge in [0.2, 0.25) is 5.91 Å². The lowest BCUT2D eigenvalue weighted by Gasteiger charge is -2.20. The molecule has 1 saturated heterocycles. The standard InChI is InChI=1S/C22H31N5O4/c1-13(2)23-17(28)12-26-18-9-16(22(3,4)5)24-27(18)20(29)15-11-25(21(30)19(15)26)10-14-7-6-8-31-14/h9,13-14H,6-8,10-12H2,1-5H3,(H,23,28)/t14-/m1/s1. The normalized spacial score (nSPS) is 19.0. The number of carbonyl (C=O) groups is 2. The Hall–Kier alpha value is -2.68. The van der Waals surface area contributed by atoms with Crippen LogP contribution in [0.4, 0.5) is 0 Å². The van der Waals surface area contributed by atoms with Crippen molar-refractivity contribution in [2.45, 2.75) is 78.1 Å². The molecule has 31 heavy (non-hydrogen) atoms. The summed E-state index contributed by atoms with van der Waals surface area (Å²) in [6, 6.07) is 1.78. The second kappa shape index (κ2) is 7.78. The molecular formula is C22H31N5O4. The highest BCUT2D eigenvalue weighted by Crippen LogP contribution is 2.27. The second-order valence-electron chi connectivity index (χ2n) is 9.81. The molecule has 168 valence electrons. The Morgan fingerprint density at radius 2 is 2.06 bits per heavy atom. The summed E-state index contributed by atoms with van der Waals surface area (Å²) in [5.41, 5.74) is 1.28. The molecule has 0 aliphatic carbocycles. The molecule has 0 spiro atoms. The van der Waals surface area contributed by atoms with Gasteiger partial charge in [-0.25, -0.2) is 0 Å². The molecule has 2 aliphatic rings. The average molecular weight is 430 g/mol. The number of aromatic nitrogens is 3. The smallest absolute Gasteiger partial charge is 0.280 e. The van der Waals surface area contributed by atoms with E-state index in [1.807, 2.05) is 34.6 Å². The maximum Gasteiger partial charge on any atom is 0.280 e. The number of ether oxygens (including phenoxy) is 1. The first-order valence-corrected chi connectivity index (χ1v) is 10.9. The topological polar surface area (TPSA) is 97.9 Å². The predicted molar refractivity (Wildman–Crippen MR) is 115 cm³/mol. The van der Waals surface area contributed by atoms with Crippen LogP contribution in [0, 0.1) is 0 Å². The van der Waals surface area contributed by atoms with Gasteiger partial charge in [-0.3, -0.25) is 14.4 Å². The fourth-order valence-electron chi connectivity index (χ4n) is 4.24. The van der Waals surface area contributed by atoms with E-state index >= 15 is 0 Å². The van der Waals surface area contributed by atoms with E-state index in [0.29, 0.717) is 24.4 Å². The summed E-state index contributed by atoms with van der Waals surface area (Å²) in [5.74, 6) is -0.451. The molecule has 0 aromatic carbocycles. The molecule has 4 rings (SSSR count). The molecule has 1 N–H and O–H groups in total. The van der Waals surface area contributed by atoms with Crippen LogP contribution in [-0.2, 0) is 28.0 Å². The van der Waals surface area contributed by atoms with Gasteiger partial charge in [0, 0.05) is 30.7 Å². The fourth-order valence-corrected chi connectivity index (χ4v) is 4.24. The van der Waals surface area contributed by atoms with Gasteiger partial charge in [0.05, 0.1) is 23.9 Å². The largest absolute Gasteiger partial charge is 0.376 e. The van der Waals surface area contributed by atoms with E-state index in [2.05, 4.69) is 10.4 Å². The third-order valence-corrected chi connectivity index (χ3v) is 5.78. The van der Waals surface area contributed by atoms with E-state index in [-0.39, 0.29) is 53.7 Å². The molecule has 0 radical (unpaired) electrons. The minimum atomic E-state index is -0.302. The third-order valence-electron chi connectivity index (χ3n) is 5.78. The van der Waals surface area contributed by atoms with Crippen LogP contribution in [0.25, 0.3) is 5.65 Å². The average Bonchev–Trinajstić information content (AvgIpc) is 3.38. The molecule has 9 nitrogen and oxygen atoms in total. The van der Waals surface area contributed by atoms with Gasteiger partial charge < -0.3 is 19.5 Å². The minimum Gasteiger partial charge on any atom is -0.376 e. The predicted octanol–water partition coefficient (Wildman–Crippen LogP) is 1.45. The highest BCUT2D eigenvalue weighted by molar-refractivity contribution is 5.97. The van der Waals surface area contributed by atoms with Gasteiger partial charge in [-0.05, 0) is 26.7 Å². The van der Waals surface area contributed by atoms with Crippen LogP contribution >= 0.6 is 0 Å². The summed E-state index contributed by atoms with van der Waals surface area (Å²) < 4.78 is 8.67. The van der Waals surface area contributed by atoms with E-state index in [9.17, 15) is 14.4 Å². The molecule has 2 aromatic rings. The number of fused-ring (bicyclic) bond motifs is 2. The van der Waals surface area contributed by atoms with Crippen molar-refractivity contribution in [3.05, 3.63) is 33.4 Å². The Morgan fingerprint density at radius 1 is 1.32 bits per heavy atom. The summed E-state index contributed by atoms with van der Waals surface area (Å²) in [7, 11) is 0. The summed E-state index contributed by atoms with van der Waals surface area (Å²) in [4.78, 5) is 40.9. The van der Waals surface area contributed by atoms with Crippen molar-refractivity contribution in [1.82, 2.24) is 24.4 Å². The zero-order valence-corrected chi connectivity index (χ0v) is 18.9. The van der Waals surface area contributed by atoms with E-state index in [0.717, 1.165) is 18.5 Å². The van der Waals surface area contributed by atoms with Crippen LogP contribution in [0.2, 0.25) is 0 Å². The zero-order valence-electron chi connectivity index (χ0n) is 18.9. The zero-order chi connectivity index (χ0) is 22.5. The number of hydrogen-bond acceptors (Lipinski definition) is 5. The van der Waals surface area contributed by atoms with E-state index in [1.54, 1.807) is 15.5 Å². The molecule has 1 atom stereocenters. The van der Waals surface area contributed by atoms with Crippen molar-refractivity contribution in [2.24, 2.45) is 0 Å². The van der Waals surface area contributed by atoms with Gasteiger partial charge in [-0.1, -0.05) is 20.8 Å². The van der Waals surface area contributed by atoms with Crippen molar-refractivity contribution in [1.29, 1.82) is 0 Å². The summed E-state index contributed by atoms with van der Waals surface area (Å²) in [5, 5.41) is 7.41. The number of rotatable bonds is 5. The molecule has 2 aliphatic heterocycles. The maximum atomic E-state index is 13.4. The van der Waals surface area contributed by atoms with Crippen LogP contribution in [0.1, 0.15) is 69.2 Å². The lowest BCUT2D eigenvalue weighted by atomic mass is 9.93. The monoisotopic (exact) mass is 429 g/mol. The van der Waals surface area contributed by atoms with Crippen LogP contribution < -0.4 is 10.9 Å². The van der Waals surface area contributed by atoms with Crippen LogP contribution in [0.15, 0.2) is 10.9 Å². The van der Waals surface area contributed by atoms with Gasteiger partial charge in [0.15, 0.2) is 0 Å². The summed E-state index contributed by atoms with van der Waals surface area (Å²) in [6.45, 7) is 11.1. The Balaban J connectivity index is 1.82. The SMILES string of the molecule is CC(C)NC(=O)Cn1c2c(c(=O)n3nc(C(C)(C)C)cc13)CN(C[C@H]1CCCO1)C2=O. The first-order valence-electron chi connectivity index (χ1n) is 10.9. The van der Waals surface area contributed by atoms with Crippen LogP contribution in [-0.4, -0.2) is 56.2 Å². The molecule has 0 saturated carbocycles. The number of nitrogens with zero attached hydrogens (tertiary/aromatic N) is 4. The summed E-state index contributed by atoms with van der Waals surface area (Å²) >= 11 is 0. The van der Waals surface area contributed by atoms with Gasteiger partial charge in [0.1, 0.15) is 17.9 Å². The van der Waals surface area contributed by atoms with Gasteiger partial charge in [0.25, 0.3) is 11.5 Å². The van der Waals surface area contributed by atoms with Crippen molar-refractivity contribution < 1.29 is 14.3 Å².